The quantitative estimate of drug-likeness (QED) is 0.733. The number of nitrogen functional groups attached to an aromatic ring is 1. The molecule has 3 aromatic heterocycles. The van der Waals surface area contributed by atoms with Crippen molar-refractivity contribution >= 4 is 22.9 Å². The van der Waals surface area contributed by atoms with E-state index in [9.17, 15) is 13.2 Å². The van der Waals surface area contributed by atoms with Gasteiger partial charge in [-0.2, -0.15) is 18.2 Å². The zero-order chi connectivity index (χ0) is 15.9. The molecule has 3 rings (SSSR count). The molecule has 0 aliphatic heterocycles. The fourth-order valence-corrected chi connectivity index (χ4v) is 1.87. The summed E-state index contributed by atoms with van der Waals surface area (Å²) in [6.07, 6.45) is -2.00. The predicted octanol–water partition coefficient (Wildman–Crippen LogP) is 1.25. The van der Waals surface area contributed by atoms with Gasteiger partial charge in [-0.3, -0.25) is 4.57 Å². The summed E-state index contributed by atoms with van der Waals surface area (Å²) in [5, 5.41) is 2.57. The normalized spacial score (nSPS) is 11.8. The van der Waals surface area contributed by atoms with Crippen LogP contribution in [0.1, 0.15) is 5.82 Å². The zero-order valence-electron chi connectivity index (χ0n) is 11.1. The SMILES string of the molecule is CNc1nc(C(F)(F)F)nc2c1ncn2-c1ccnc(N)n1. The highest BCUT2D eigenvalue weighted by molar-refractivity contribution is 5.84. The summed E-state index contributed by atoms with van der Waals surface area (Å²) >= 11 is 0. The van der Waals surface area contributed by atoms with E-state index in [1.165, 1.54) is 30.2 Å². The predicted molar refractivity (Wildman–Crippen MR) is 71.2 cm³/mol. The number of hydrogen-bond acceptors (Lipinski definition) is 7. The lowest BCUT2D eigenvalue weighted by Gasteiger charge is -2.09. The van der Waals surface area contributed by atoms with E-state index in [1.54, 1.807) is 0 Å². The summed E-state index contributed by atoms with van der Waals surface area (Å²) < 4.78 is 40.0. The van der Waals surface area contributed by atoms with Gasteiger partial charge in [0.15, 0.2) is 17.0 Å². The average molecular weight is 310 g/mol. The summed E-state index contributed by atoms with van der Waals surface area (Å²) in [6, 6.07) is 1.48. The Morgan fingerprint density at radius 2 is 1.95 bits per heavy atom. The number of aromatic nitrogens is 6. The van der Waals surface area contributed by atoms with Crippen LogP contribution in [0, 0.1) is 0 Å². The Bertz CT molecular complexity index is 841. The van der Waals surface area contributed by atoms with Gasteiger partial charge in [0.1, 0.15) is 12.1 Å². The van der Waals surface area contributed by atoms with E-state index in [0.29, 0.717) is 0 Å². The van der Waals surface area contributed by atoms with Crippen LogP contribution in [0.2, 0.25) is 0 Å². The molecule has 0 aliphatic rings. The Labute approximate surface area is 121 Å². The molecule has 0 saturated heterocycles. The van der Waals surface area contributed by atoms with Crippen molar-refractivity contribution in [3.05, 3.63) is 24.4 Å². The van der Waals surface area contributed by atoms with E-state index in [0.717, 1.165) is 0 Å². The highest BCUT2D eigenvalue weighted by Crippen LogP contribution is 2.30. The molecule has 0 spiro atoms. The number of halogens is 3. The van der Waals surface area contributed by atoms with E-state index in [1.807, 2.05) is 0 Å². The molecule has 0 bridgehead atoms. The maximum Gasteiger partial charge on any atom is 0.451 e. The first kappa shape index (κ1) is 14.0. The highest BCUT2D eigenvalue weighted by atomic mass is 19.4. The standard InChI is InChI=1S/C11H9F3N8/c1-16-7-6-8(21-9(20-7)11(12,13)14)22(4-18-6)5-2-3-17-10(15)19-5/h2-4H,1H3,(H2,15,17,19)(H,16,20,21). The van der Waals surface area contributed by atoms with Gasteiger partial charge in [-0.15, -0.1) is 0 Å². The number of anilines is 2. The number of hydrogen-bond donors (Lipinski definition) is 2. The molecule has 114 valence electrons. The van der Waals surface area contributed by atoms with Gasteiger partial charge in [0.05, 0.1) is 0 Å². The summed E-state index contributed by atoms with van der Waals surface area (Å²) in [5.74, 6) is -1.06. The van der Waals surface area contributed by atoms with E-state index in [-0.39, 0.29) is 28.7 Å². The number of alkyl halides is 3. The minimum absolute atomic E-state index is 0.0155. The molecule has 0 atom stereocenters. The highest BCUT2D eigenvalue weighted by Gasteiger charge is 2.36. The molecule has 3 heterocycles. The second kappa shape index (κ2) is 4.79. The lowest BCUT2D eigenvalue weighted by atomic mass is 10.4. The van der Waals surface area contributed by atoms with Crippen LogP contribution >= 0.6 is 0 Å². The van der Waals surface area contributed by atoms with Crippen LogP contribution in [0.4, 0.5) is 24.9 Å². The fraction of sp³-hybridized carbons (Fsp3) is 0.182. The molecular formula is C11H9F3N8. The Morgan fingerprint density at radius 3 is 2.59 bits per heavy atom. The van der Waals surface area contributed by atoms with Crippen molar-refractivity contribution in [2.24, 2.45) is 0 Å². The van der Waals surface area contributed by atoms with Crippen molar-refractivity contribution in [2.45, 2.75) is 6.18 Å². The molecule has 0 saturated carbocycles. The van der Waals surface area contributed by atoms with Gasteiger partial charge in [0.2, 0.25) is 11.8 Å². The van der Waals surface area contributed by atoms with Crippen LogP contribution in [-0.4, -0.2) is 36.5 Å². The molecule has 11 heteroatoms. The number of imidazole rings is 1. The summed E-state index contributed by atoms with van der Waals surface area (Å²) in [4.78, 5) is 18.7. The van der Waals surface area contributed by atoms with Crippen molar-refractivity contribution in [1.29, 1.82) is 0 Å². The summed E-state index contributed by atoms with van der Waals surface area (Å²) in [5.41, 5.74) is 5.63. The van der Waals surface area contributed by atoms with Crippen molar-refractivity contribution in [3.63, 3.8) is 0 Å². The molecule has 0 unspecified atom stereocenters. The summed E-state index contributed by atoms with van der Waals surface area (Å²) in [7, 11) is 1.45. The van der Waals surface area contributed by atoms with Gasteiger partial charge < -0.3 is 11.1 Å². The lowest BCUT2D eigenvalue weighted by molar-refractivity contribution is -0.144. The molecule has 0 fully saturated rings. The minimum Gasteiger partial charge on any atom is -0.371 e. The van der Waals surface area contributed by atoms with Crippen molar-refractivity contribution in [3.8, 4) is 5.82 Å². The molecular weight excluding hydrogens is 301 g/mol. The first-order valence-electron chi connectivity index (χ1n) is 5.99. The summed E-state index contributed by atoms with van der Waals surface area (Å²) in [6.45, 7) is 0. The monoisotopic (exact) mass is 310 g/mol. The third-order valence-electron chi connectivity index (χ3n) is 2.79. The van der Waals surface area contributed by atoms with Crippen LogP contribution in [0.3, 0.4) is 0 Å². The second-order valence-corrected chi connectivity index (χ2v) is 4.20. The van der Waals surface area contributed by atoms with Gasteiger partial charge in [-0.25, -0.2) is 19.9 Å². The smallest absolute Gasteiger partial charge is 0.371 e. The number of rotatable bonds is 2. The second-order valence-electron chi connectivity index (χ2n) is 4.20. The first-order valence-corrected chi connectivity index (χ1v) is 5.99. The van der Waals surface area contributed by atoms with E-state index >= 15 is 0 Å². The maximum atomic E-state index is 12.9. The zero-order valence-corrected chi connectivity index (χ0v) is 11.1. The topological polar surface area (TPSA) is 107 Å². The van der Waals surface area contributed by atoms with Crippen LogP contribution in [0.5, 0.6) is 0 Å². The average Bonchev–Trinajstić information content (AvgIpc) is 2.89. The molecule has 3 N–H and O–H groups in total. The van der Waals surface area contributed by atoms with Crippen LogP contribution in [0.15, 0.2) is 18.6 Å². The van der Waals surface area contributed by atoms with E-state index in [4.69, 9.17) is 5.73 Å². The lowest BCUT2D eigenvalue weighted by Crippen LogP contribution is -2.13. The molecule has 0 aliphatic carbocycles. The van der Waals surface area contributed by atoms with Crippen molar-refractivity contribution in [1.82, 2.24) is 29.5 Å². The first-order chi connectivity index (χ1) is 10.4. The van der Waals surface area contributed by atoms with Crippen LogP contribution in [0.25, 0.3) is 17.0 Å². The maximum absolute atomic E-state index is 12.9. The van der Waals surface area contributed by atoms with Crippen LogP contribution in [-0.2, 0) is 6.18 Å². The molecule has 3 aromatic rings. The minimum atomic E-state index is -4.68. The van der Waals surface area contributed by atoms with Gasteiger partial charge in [-0.1, -0.05) is 0 Å². The van der Waals surface area contributed by atoms with Crippen LogP contribution < -0.4 is 11.1 Å². The molecule has 0 aromatic carbocycles. The largest absolute Gasteiger partial charge is 0.451 e. The molecule has 8 nitrogen and oxygen atoms in total. The Kier molecular flexibility index (Phi) is 3.04. The third kappa shape index (κ3) is 2.25. The van der Waals surface area contributed by atoms with Gasteiger partial charge in [0, 0.05) is 13.2 Å². The number of nitrogens with one attached hydrogen (secondary N) is 1. The Hall–Kier alpha value is -2.98. The number of nitrogens with zero attached hydrogens (tertiary/aromatic N) is 6. The molecule has 0 amide bonds. The Balaban J connectivity index is 2.29. The van der Waals surface area contributed by atoms with Gasteiger partial charge in [0.25, 0.3) is 0 Å². The van der Waals surface area contributed by atoms with Gasteiger partial charge in [-0.05, 0) is 6.07 Å². The van der Waals surface area contributed by atoms with E-state index < -0.39 is 12.0 Å². The Morgan fingerprint density at radius 1 is 1.18 bits per heavy atom. The van der Waals surface area contributed by atoms with Gasteiger partial charge >= 0.3 is 6.18 Å². The van der Waals surface area contributed by atoms with E-state index in [2.05, 4.69) is 30.2 Å². The molecule has 22 heavy (non-hydrogen) atoms. The number of fused-ring (bicyclic) bond motifs is 1. The third-order valence-corrected chi connectivity index (χ3v) is 2.79. The molecule has 0 radical (unpaired) electrons. The van der Waals surface area contributed by atoms with Crippen molar-refractivity contribution in [2.75, 3.05) is 18.1 Å². The number of nitrogens with two attached hydrogens (primary N) is 1. The van der Waals surface area contributed by atoms with Crippen molar-refractivity contribution < 1.29 is 13.2 Å². The fourth-order valence-electron chi connectivity index (χ4n) is 1.87.